The second kappa shape index (κ2) is 8.28. The lowest BCUT2D eigenvalue weighted by molar-refractivity contribution is 0.0752. The van der Waals surface area contributed by atoms with E-state index in [1.807, 2.05) is 6.92 Å². The molecule has 1 amide bonds. The molecule has 1 aliphatic carbocycles. The van der Waals surface area contributed by atoms with E-state index in [1.54, 1.807) is 11.0 Å². The van der Waals surface area contributed by atoms with Gasteiger partial charge in [-0.1, -0.05) is 6.07 Å². The molecule has 28 heavy (non-hydrogen) atoms. The zero-order valence-corrected chi connectivity index (χ0v) is 16.6. The highest BCUT2D eigenvalue weighted by Crippen LogP contribution is 2.23. The Kier molecular flexibility index (Phi) is 6.00. The number of hydrogen-bond donors (Lipinski definition) is 1. The summed E-state index contributed by atoms with van der Waals surface area (Å²) in [5.74, 6) is -0.589. The Bertz CT molecular complexity index is 957. The van der Waals surface area contributed by atoms with Gasteiger partial charge >= 0.3 is 0 Å². The minimum atomic E-state index is -3.55. The number of carbonyl (C=O) groups is 1. The Hall–Kier alpha value is -2.45. The molecular weight excluding hydrogens is 383 g/mol. The summed E-state index contributed by atoms with van der Waals surface area (Å²) in [5, 5.41) is 0. The van der Waals surface area contributed by atoms with Crippen molar-refractivity contribution in [2.75, 3.05) is 13.7 Å². The topological polar surface area (TPSA) is 75.7 Å². The molecule has 0 radical (unpaired) electrons. The Balaban J connectivity index is 1.72. The van der Waals surface area contributed by atoms with E-state index < -0.39 is 15.8 Å². The van der Waals surface area contributed by atoms with E-state index in [-0.39, 0.29) is 29.1 Å². The molecule has 3 rings (SSSR count). The third kappa shape index (κ3) is 4.69. The Morgan fingerprint density at radius 3 is 2.43 bits per heavy atom. The van der Waals surface area contributed by atoms with Crippen LogP contribution in [0, 0.1) is 5.82 Å². The highest BCUT2D eigenvalue weighted by molar-refractivity contribution is 7.89. The van der Waals surface area contributed by atoms with Gasteiger partial charge < -0.3 is 9.64 Å². The highest BCUT2D eigenvalue weighted by Gasteiger charge is 2.28. The van der Waals surface area contributed by atoms with Crippen molar-refractivity contribution >= 4 is 15.9 Å². The van der Waals surface area contributed by atoms with Gasteiger partial charge in [-0.3, -0.25) is 4.79 Å². The summed E-state index contributed by atoms with van der Waals surface area (Å²) in [4.78, 5) is 14.5. The van der Waals surface area contributed by atoms with Gasteiger partial charge in [0.05, 0.1) is 12.0 Å². The molecule has 0 unspecified atom stereocenters. The summed E-state index contributed by atoms with van der Waals surface area (Å²) in [6.45, 7) is 2.49. The predicted molar refractivity (Wildman–Crippen MR) is 103 cm³/mol. The lowest BCUT2D eigenvalue weighted by Gasteiger charge is -2.21. The predicted octanol–water partition coefficient (Wildman–Crippen LogP) is 2.94. The van der Waals surface area contributed by atoms with Crippen molar-refractivity contribution in [3.63, 3.8) is 0 Å². The number of hydrogen-bond acceptors (Lipinski definition) is 4. The van der Waals surface area contributed by atoms with Crippen LogP contribution in [-0.4, -0.2) is 38.9 Å². The minimum absolute atomic E-state index is 0.0202. The SMILES string of the molecule is CCN(Cc1ccc(OC)c(F)c1)C(=O)c1ccc(S(=O)(=O)NC2CC2)cc1. The van der Waals surface area contributed by atoms with Crippen molar-refractivity contribution in [3.8, 4) is 5.75 Å². The van der Waals surface area contributed by atoms with Crippen molar-refractivity contribution in [1.29, 1.82) is 0 Å². The number of rotatable bonds is 8. The lowest BCUT2D eigenvalue weighted by atomic mass is 10.1. The van der Waals surface area contributed by atoms with Crippen LogP contribution in [0.15, 0.2) is 47.4 Å². The minimum Gasteiger partial charge on any atom is -0.494 e. The number of halogens is 1. The first-order chi connectivity index (χ1) is 13.3. The average Bonchev–Trinajstić information content (AvgIpc) is 3.49. The second-order valence-corrected chi connectivity index (χ2v) is 8.42. The van der Waals surface area contributed by atoms with Gasteiger partial charge in [-0.15, -0.1) is 0 Å². The van der Waals surface area contributed by atoms with Gasteiger partial charge in [-0.25, -0.2) is 17.5 Å². The first-order valence-electron chi connectivity index (χ1n) is 9.08. The van der Waals surface area contributed by atoms with Gasteiger partial charge in [0.1, 0.15) is 0 Å². The molecule has 0 atom stereocenters. The smallest absolute Gasteiger partial charge is 0.254 e. The molecule has 8 heteroatoms. The molecule has 0 aromatic heterocycles. The van der Waals surface area contributed by atoms with Crippen LogP contribution in [0.25, 0.3) is 0 Å². The number of amides is 1. The molecule has 1 aliphatic rings. The maximum atomic E-state index is 13.9. The molecule has 0 saturated heterocycles. The van der Waals surface area contributed by atoms with Crippen LogP contribution in [0.5, 0.6) is 5.75 Å². The van der Waals surface area contributed by atoms with E-state index in [4.69, 9.17) is 4.74 Å². The number of benzene rings is 2. The molecular formula is C20H23FN2O4S. The van der Waals surface area contributed by atoms with Crippen LogP contribution >= 0.6 is 0 Å². The fourth-order valence-electron chi connectivity index (χ4n) is 2.80. The Labute approximate surface area is 164 Å². The van der Waals surface area contributed by atoms with Gasteiger partial charge in [-0.05, 0) is 61.7 Å². The first kappa shape index (κ1) is 20.3. The van der Waals surface area contributed by atoms with Crippen LogP contribution in [0.4, 0.5) is 4.39 Å². The number of nitrogens with one attached hydrogen (secondary N) is 1. The normalized spacial score (nSPS) is 14.0. The van der Waals surface area contributed by atoms with Gasteiger partial charge in [0.2, 0.25) is 10.0 Å². The van der Waals surface area contributed by atoms with Crippen LogP contribution in [0.1, 0.15) is 35.7 Å². The van der Waals surface area contributed by atoms with E-state index in [0.29, 0.717) is 17.7 Å². The van der Waals surface area contributed by atoms with Crippen LogP contribution in [0.2, 0.25) is 0 Å². The summed E-state index contributed by atoms with van der Waals surface area (Å²) >= 11 is 0. The lowest BCUT2D eigenvalue weighted by Crippen LogP contribution is -2.30. The van der Waals surface area contributed by atoms with Crippen molar-refractivity contribution in [2.45, 2.75) is 37.2 Å². The van der Waals surface area contributed by atoms with Crippen molar-refractivity contribution < 1.29 is 22.3 Å². The molecule has 0 aliphatic heterocycles. The summed E-state index contributed by atoms with van der Waals surface area (Å²) in [5.41, 5.74) is 1.02. The van der Waals surface area contributed by atoms with Crippen LogP contribution in [0.3, 0.4) is 0 Å². The van der Waals surface area contributed by atoms with Crippen LogP contribution < -0.4 is 9.46 Å². The number of ether oxygens (including phenoxy) is 1. The summed E-state index contributed by atoms with van der Waals surface area (Å²) in [6.07, 6.45) is 1.71. The van der Waals surface area contributed by atoms with Crippen molar-refractivity contribution in [2.24, 2.45) is 0 Å². The Morgan fingerprint density at radius 1 is 1.21 bits per heavy atom. The largest absolute Gasteiger partial charge is 0.494 e. The molecule has 2 aromatic carbocycles. The number of carbonyl (C=O) groups excluding carboxylic acids is 1. The summed E-state index contributed by atoms with van der Waals surface area (Å²) in [7, 11) is -2.16. The standard InChI is InChI=1S/C20H23FN2O4S/c1-3-23(13-14-4-11-19(27-2)18(21)12-14)20(24)15-5-9-17(10-6-15)28(25,26)22-16-7-8-16/h4-6,9-12,16,22H,3,7-8,13H2,1-2H3. The molecule has 1 saturated carbocycles. The third-order valence-electron chi connectivity index (χ3n) is 4.57. The molecule has 150 valence electrons. The van der Waals surface area contributed by atoms with E-state index in [9.17, 15) is 17.6 Å². The number of sulfonamides is 1. The fourth-order valence-corrected chi connectivity index (χ4v) is 4.11. The van der Waals surface area contributed by atoms with Gasteiger partial charge in [0, 0.05) is 24.7 Å². The second-order valence-electron chi connectivity index (χ2n) is 6.71. The molecule has 2 aromatic rings. The highest BCUT2D eigenvalue weighted by atomic mass is 32.2. The molecule has 1 N–H and O–H groups in total. The summed E-state index contributed by atoms with van der Waals surface area (Å²) in [6, 6.07) is 10.5. The molecule has 0 spiro atoms. The average molecular weight is 406 g/mol. The maximum Gasteiger partial charge on any atom is 0.254 e. The first-order valence-corrected chi connectivity index (χ1v) is 10.6. The number of nitrogens with zero attached hydrogens (tertiary/aromatic N) is 1. The number of methoxy groups -OCH3 is 1. The van der Waals surface area contributed by atoms with Crippen molar-refractivity contribution in [3.05, 3.63) is 59.4 Å². The molecule has 1 fully saturated rings. The zero-order valence-electron chi connectivity index (χ0n) is 15.8. The van der Waals surface area contributed by atoms with E-state index in [2.05, 4.69) is 4.72 Å². The van der Waals surface area contributed by atoms with E-state index in [1.165, 1.54) is 43.5 Å². The fraction of sp³-hybridized carbons (Fsp3) is 0.350. The third-order valence-corrected chi connectivity index (χ3v) is 6.11. The summed E-state index contributed by atoms with van der Waals surface area (Å²) < 4.78 is 45.9. The van der Waals surface area contributed by atoms with Gasteiger partial charge in [-0.2, -0.15) is 0 Å². The van der Waals surface area contributed by atoms with Gasteiger partial charge in [0.15, 0.2) is 11.6 Å². The van der Waals surface area contributed by atoms with Crippen LogP contribution in [-0.2, 0) is 16.6 Å². The molecule has 6 nitrogen and oxygen atoms in total. The quantitative estimate of drug-likeness (QED) is 0.731. The monoisotopic (exact) mass is 406 g/mol. The molecule has 0 bridgehead atoms. The van der Waals surface area contributed by atoms with E-state index in [0.717, 1.165) is 12.8 Å². The van der Waals surface area contributed by atoms with Crippen molar-refractivity contribution in [1.82, 2.24) is 9.62 Å². The molecule has 0 heterocycles. The maximum absolute atomic E-state index is 13.9. The zero-order chi connectivity index (χ0) is 20.3. The van der Waals surface area contributed by atoms with Gasteiger partial charge in [0.25, 0.3) is 5.91 Å². The van der Waals surface area contributed by atoms with E-state index >= 15 is 0 Å². The Morgan fingerprint density at radius 2 is 1.89 bits per heavy atom.